The van der Waals surface area contributed by atoms with Gasteiger partial charge in [0, 0.05) is 26.3 Å². The van der Waals surface area contributed by atoms with E-state index >= 15 is 0 Å². The fourth-order valence-corrected chi connectivity index (χ4v) is 2.84. The minimum atomic E-state index is -0.107. The maximum absolute atomic E-state index is 5.79. The van der Waals surface area contributed by atoms with Crippen LogP contribution in [0, 0.1) is 0 Å². The largest absolute Gasteiger partial charge is 0.497 e. The van der Waals surface area contributed by atoms with Gasteiger partial charge in [0.25, 0.3) is 0 Å². The molecule has 1 aliphatic heterocycles. The van der Waals surface area contributed by atoms with Crippen LogP contribution in [-0.4, -0.2) is 51.5 Å². The van der Waals surface area contributed by atoms with Crippen molar-refractivity contribution in [2.45, 2.75) is 45.3 Å². The van der Waals surface area contributed by atoms with E-state index in [0.717, 1.165) is 56.2 Å². The van der Waals surface area contributed by atoms with Crippen LogP contribution in [0.4, 0.5) is 0 Å². The smallest absolute Gasteiger partial charge is 0.191 e. The zero-order chi connectivity index (χ0) is 18.7. The van der Waals surface area contributed by atoms with Gasteiger partial charge in [-0.2, -0.15) is 0 Å². The van der Waals surface area contributed by atoms with Crippen LogP contribution in [0.25, 0.3) is 0 Å². The van der Waals surface area contributed by atoms with Crippen molar-refractivity contribution in [3.8, 4) is 5.75 Å². The van der Waals surface area contributed by atoms with E-state index in [4.69, 9.17) is 14.2 Å². The van der Waals surface area contributed by atoms with Crippen LogP contribution in [0.15, 0.2) is 29.3 Å². The van der Waals surface area contributed by atoms with Gasteiger partial charge in [-0.15, -0.1) is 0 Å². The van der Waals surface area contributed by atoms with Crippen LogP contribution in [0.1, 0.15) is 38.7 Å². The molecule has 0 amide bonds. The topological polar surface area (TPSA) is 64.1 Å². The van der Waals surface area contributed by atoms with Gasteiger partial charge in [0.1, 0.15) is 5.75 Å². The number of hydrogen-bond donors (Lipinski definition) is 2. The third kappa shape index (κ3) is 7.22. The van der Waals surface area contributed by atoms with Crippen molar-refractivity contribution in [3.05, 3.63) is 29.8 Å². The van der Waals surface area contributed by atoms with Gasteiger partial charge in [0.15, 0.2) is 5.96 Å². The Labute approximate surface area is 157 Å². The molecule has 0 aromatic heterocycles. The molecule has 1 aliphatic rings. The Balaban J connectivity index is 1.62. The number of ether oxygens (including phenoxy) is 3. The maximum atomic E-state index is 5.79. The van der Waals surface area contributed by atoms with E-state index in [0.29, 0.717) is 19.8 Å². The predicted molar refractivity (Wildman–Crippen MR) is 105 cm³/mol. The SMILES string of the molecule is CCNC(=NCC1(C)CCCO1)NCCCOCc1ccc(OC)cc1. The molecular formula is C20H33N3O3. The lowest BCUT2D eigenvalue weighted by Crippen LogP contribution is -2.39. The van der Waals surface area contributed by atoms with E-state index in [2.05, 4.69) is 29.5 Å². The first kappa shape index (κ1) is 20.5. The molecule has 0 aliphatic carbocycles. The number of methoxy groups -OCH3 is 1. The van der Waals surface area contributed by atoms with E-state index in [1.54, 1.807) is 7.11 Å². The number of nitrogens with one attached hydrogen (secondary N) is 2. The number of nitrogens with zero attached hydrogens (tertiary/aromatic N) is 1. The van der Waals surface area contributed by atoms with E-state index in [9.17, 15) is 0 Å². The molecule has 2 N–H and O–H groups in total. The number of hydrogen-bond acceptors (Lipinski definition) is 4. The van der Waals surface area contributed by atoms with Crippen molar-refractivity contribution in [3.63, 3.8) is 0 Å². The van der Waals surface area contributed by atoms with Gasteiger partial charge >= 0.3 is 0 Å². The van der Waals surface area contributed by atoms with Crippen molar-refractivity contribution < 1.29 is 14.2 Å². The molecule has 26 heavy (non-hydrogen) atoms. The highest BCUT2D eigenvalue weighted by Gasteiger charge is 2.29. The average Bonchev–Trinajstić information content (AvgIpc) is 3.10. The standard InChI is InChI=1S/C20H33N3O3/c1-4-21-19(23-16-20(2)11-5-14-26-20)22-12-6-13-25-15-17-7-9-18(24-3)10-8-17/h7-10H,4-6,11-16H2,1-3H3,(H2,21,22,23). The second kappa shape index (κ2) is 11.0. The van der Waals surface area contributed by atoms with Crippen molar-refractivity contribution in [1.82, 2.24) is 10.6 Å². The van der Waals surface area contributed by atoms with Gasteiger partial charge in [0.05, 0.1) is 25.9 Å². The molecule has 0 bridgehead atoms. The fourth-order valence-electron chi connectivity index (χ4n) is 2.84. The minimum Gasteiger partial charge on any atom is -0.497 e. The van der Waals surface area contributed by atoms with E-state index < -0.39 is 0 Å². The summed E-state index contributed by atoms with van der Waals surface area (Å²) in [5, 5.41) is 6.64. The summed E-state index contributed by atoms with van der Waals surface area (Å²) in [7, 11) is 1.67. The molecule has 1 saturated heterocycles. The first-order valence-corrected chi connectivity index (χ1v) is 9.52. The lowest BCUT2D eigenvalue weighted by atomic mass is 10.0. The van der Waals surface area contributed by atoms with Crippen LogP contribution >= 0.6 is 0 Å². The van der Waals surface area contributed by atoms with Crippen molar-refractivity contribution in [2.75, 3.05) is 40.0 Å². The molecule has 1 fully saturated rings. The molecule has 0 spiro atoms. The molecule has 0 saturated carbocycles. The summed E-state index contributed by atoms with van der Waals surface area (Å²) in [6, 6.07) is 7.96. The van der Waals surface area contributed by atoms with Crippen molar-refractivity contribution in [2.24, 2.45) is 4.99 Å². The molecule has 1 aromatic carbocycles. The third-order valence-electron chi connectivity index (χ3n) is 4.40. The van der Waals surface area contributed by atoms with E-state index in [1.165, 1.54) is 0 Å². The van der Waals surface area contributed by atoms with Gasteiger partial charge in [-0.1, -0.05) is 12.1 Å². The zero-order valence-electron chi connectivity index (χ0n) is 16.3. The average molecular weight is 364 g/mol. The normalized spacial score (nSPS) is 20.2. The second-order valence-electron chi connectivity index (χ2n) is 6.78. The zero-order valence-corrected chi connectivity index (χ0v) is 16.3. The number of benzene rings is 1. The van der Waals surface area contributed by atoms with Crippen LogP contribution in [-0.2, 0) is 16.1 Å². The third-order valence-corrected chi connectivity index (χ3v) is 4.40. The fraction of sp³-hybridized carbons (Fsp3) is 0.650. The molecule has 1 unspecified atom stereocenters. The highest BCUT2D eigenvalue weighted by atomic mass is 16.5. The van der Waals surface area contributed by atoms with Crippen LogP contribution < -0.4 is 15.4 Å². The minimum absolute atomic E-state index is 0.107. The molecular weight excluding hydrogens is 330 g/mol. The van der Waals surface area contributed by atoms with Gasteiger partial charge in [0.2, 0.25) is 0 Å². The highest BCUT2D eigenvalue weighted by molar-refractivity contribution is 5.79. The number of aliphatic imine (C=N–C) groups is 1. The Morgan fingerprint density at radius 2 is 2.08 bits per heavy atom. The Hall–Kier alpha value is -1.79. The van der Waals surface area contributed by atoms with Crippen molar-refractivity contribution >= 4 is 5.96 Å². The Morgan fingerprint density at radius 3 is 2.73 bits per heavy atom. The summed E-state index contributed by atoms with van der Waals surface area (Å²) in [5.74, 6) is 1.71. The molecule has 1 heterocycles. The summed E-state index contributed by atoms with van der Waals surface area (Å²) in [6.45, 7) is 8.75. The quantitative estimate of drug-likeness (QED) is 0.380. The van der Waals surface area contributed by atoms with Crippen LogP contribution in [0.3, 0.4) is 0 Å². The van der Waals surface area contributed by atoms with E-state index in [1.807, 2.05) is 24.3 Å². The highest BCUT2D eigenvalue weighted by Crippen LogP contribution is 2.24. The Kier molecular flexibility index (Phi) is 8.71. The van der Waals surface area contributed by atoms with Gasteiger partial charge in [-0.3, -0.25) is 4.99 Å². The van der Waals surface area contributed by atoms with E-state index in [-0.39, 0.29) is 5.60 Å². The van der Waals surface area contributed by atoms with Crippen molar-refractivity contribution in [1.29, 1.82) is 0 Å². The molecule has 1 aromatic rings. The lowest BCUT2D eigenvalue weighted by Gasteiger charge is -2.21. The summed E-state index contributed by atoms with van der Waals surface area (Å²) in [5.41, 5.74) is 1.04. The first-order chi connectivity index (χ1) is 12.6. The lowest BCUT2D eigenvalue weighted by molar-refractivity contribution is 0.0283. The molecule has 6 nitrogen and oxygen atoms in total. The monoisotopic (exact) mass is 363 g/mol. The Morgan fingerprint density at radius 1 is 1.27 bits per heavy atom. The number of guanidine groups is 1. The van der Waals surface area contributed by atoms with Crippen LogP contribution in [0.2, 0.25) is 0 Å². The summed E-state index contributed by atoms with van der Waals surface area (Å²) >= 11 is 0. The summed E-state index contributed by atoms with van der Waals surface area (Å²) < 4.78 is 16.7. The summed E-state index contributed by atoms with van der Waals surface area (Å²) in [6.07, 6.45) is 3.13. The van der Waals surface area contributed by atoms with Gasteiger partial charge < -0.3 is 24.8 Å². The number of rotatable bonds is 10. The first-order valence-electron chi connectivity index (χ1n) is 9.52. The maximum Gasteiger partial charge on any atom is 0.191 e. The molecule has 2 rings (SSSR count). The molecule has 0 radical (unpaired) electrons. The van der Waals surface area contributed by atoms with Gasteiger partial charge in [-0.25, -0.2) is 0 Å². The molecule has 146 valence electrons. The second-order valence-corrected chi connectivity index (χ2v) is 6.78. The molecule has 1 atom stereocenters. The summed E-state index contributed by atoms with van der Waals surface area (Å²) in [4.78, 5) is 4.67. The molecule has 6 heteroatoms. The Bertz CT molecular complexity index is 540. The van der Waals surface area contributed by atoms with Gasteiger partial charge in [-0.05, 0) is 50.8 Å². The van der Waals surface area contributed by atoms with Crippen LogP contribution in [0.5, 0.6) is 5.75 Å². The predicted octanol–water partition coefficient (Wildman–Crippen LogP) is 2.73.